The van der Waals surface area contributed by atoms with Gasteiger partial charge in [0.05, 0.1) is 0 Å². The third-order valence-electron chi connectivity index (χ3n) is 2.06. The van der Waals surface area contributed by atoms with Crippen molar-refractivity contribution in [2.75, 3.05) is 4.90 Å². The molecule has 0 aromatic heterocycles. The van der Waals surface area contributed by atoms with Crippen LogP contribution in [0.2, 0.25) is 0 Å². The van der Waals surface area contributed by atoms with Crippen LogP contribution >= 0.6 is 12.2 Å². The summed E-state index contributed by atoms with van der Waals surface area (Å²) >= 11 is 4.87. The number of benzene rings is 1. The summed E-state index contributed by atoms with van der Waals surface area (Å²) in [6.45, 7) is 0. The normalized spacial score (nSPS) is 19.5. The Morgan fingerprint density at radius 1 is 1.36 bits per heavy atom. The van der Waals surface area contributed by atoms with E-state index in [1.54, 1.807) is 17.5 Å². The molecule has 0 fully saturated rings. The molecule has 1 aliphatic rings. The lowest BCUT2D eigenvalue weighted by Gasteiger charge is -2.21. The third-order valence-corrected chi connectivity index (χ3v) is 2.31. The summed E-state index contributed by atoms with van der Waals surface area (Å²) < 4.78 is 12.7. The Morgan fingerprint density at radius 3 is 2.71 bits per heavy atom. The van der Waals surface area contributed by atoms with Gasteiger partial charge in [-0.2, -0.15) is 0 Å². The van der Waals surface area contributed by atoms with Gasteiger partial charge in [-0.25, -0.2) is 4.39 Å². The van der Waals surface area contributed by atoms with Crippen molar-refractivity contribution in [2.24, 2.45) is 0 Å². The number of hydrogen-bond acceptors (Lipinski definition) is 3. The second-order valence-corrected chi connectivity index (χ2v) is 3.22. The molecule has 0 spiro atoms. The van der Waals surface area contributed by atoms with Crippen LogP contribution in [0, 0.1) is 5.82 Å². The molecule has 4 heteroatoms. The highest BCUT2D eigenvalue weighted by atomic mass is 32.1. The fourth-order valence-corrected chi connectivity index (χ4v) is 1.57. The summed E-state index contributed by atoms with van der Waals surface area (Å²) in [7, 11) is 0. The van der Waals surface area contributed by atoms with E-state index in [-0.39, 0.29) is 12.0 Å². The number of halogens is 1. The minimum atomic E-state index is -0.233. The van der Waals surface area contributed by atoms with Gasteiger partial charge in [-0.05, 0) is 24.3 Å². The number of thiocarbonyl (C=S) groups is 1. The van der Waals surface area contributed by atoms with Crippen molar-refractivity contribution in [1.29, 1.82) is 0 Å². The van der Waals surface area contributed by atoms with Crippen LogP contribution in [0.25, 0.3) is 0 Å². The van der Waals surface area contributed by atoms with E-state index in [4.69, 9.17) is 12.2 Å². The van der Waals surface area contributed by atoms with E-state index in [2.05, 4.69) is 5.32 Å². The molecular formula is C10H9FN2S. The minimum absolute atomic E-state index is 0.0181. The lowest BCUT2D eigenvalue weighted by Crippen LogP contribution is -2.35. The molecule has 0 saturated carbocycles. The first-order valence-electron chi connectivity index (χ1n) is 4.23. The van der Waals surface area contributed by atoms with Crippen LogP contribution in [0.15, 0.2) is 36.7 Å². The fourth-order valence-electron chi connectivity index (χ4n) is 1.36. The smallest absolute Gasteiger partial charge is 0.132 e. The third kappa shape index (κ3) is 1.61. The van der Waals surface area contributed by atoms with E-state index in [1.807, 2.05) is 17.3 Å². The molecule has 0 bridgehead atoms. The molecule has 2 nitrogen and oxygen atoms in total. The molecule has 2 rings (SSSR count). The van der Waals surface area contributed by atoms with E-state index in [0.29, 0.717) is 0 Å². The maximum Gasteiger partial charge on any atom is 0.132 e. The Labute approximate surface area is 87.0 Å². The quantitative estimate of drug-likeness (QED) is 0.749. The molecule has 1 aliphatic heterocycles. The Balaban J connectivity index is 2.26. The SMILES string of the molecule is Fc1ccc(N2C=CNC2C=S)cc1. The first kappa shape index (κ1) is 9.15. The zero-order chi connectivity index (χ0) is 9.97. The highest BCUT2D eigenvalue weighted by Gasteiger charge is 2.16. The number of anilines is 1. The molecule has 1 aromatic carbocycles. The zero-order valence-corrected chi connectivity index (χ0v) is 8.17. The lowest BCUT2D eigenvalue weighted by atomic mass is 10.3. The maximum atomic E-state index is 12.7. The molecule has 0 saturated heterocycles. The van der Waals surface area contributed by atoms with Crippen molar-refractivity contribution in [2.45, 2.75) is 6.17 Å². The molecule has 1 N–H and O–H groups in total. The van der Waals surface area contributed by atoms with E-state index in [9.17, 15) is 4.39 Å². The van der Waals surface area contributed by atoms with Gasteiger partial charge in [-0.3, -0.25) is 0 Å². The first-order chi connectivity index (χ1) is 6.81. The lowest BCUT2D eigenvalue weighted by molar-refractivity contribution is 0.627. The van der Waals surface area contributed by atoms with Crippen molar-refractivity contribution >= 4 is 23.3 Å². The minimum Gasteiger partial charge on any atom is -0.366 e. The highest BCUT2D eigenvalue weighted by molar-refractivity contribution is 7.79. The van der Waals surface area contributed by atoms with Gasteiger partial charge < -0.3 is 10.2 Å². The summed E-state index contributed by atoms with van der Waals surface area (Å²) in [4.78, 5) is 1.94. The predicted octanol–water partition coefficient (Wildman–Crippen LogP) is 2.03. The van der Waals surface area contributed by atoms with Gasteiger partial charge in [0.2, 0.25) is 0 Å². The second kappa shape index (κ2) is 3.75. The molecule has 1 heterocycles. The number of nitrogens with one attached hydrogen (secondary N) is 1. The van der Waals surface area contributed by atoms with Gasteiger partial charge in [-0.1, -0.05) is 12.2 Å². The largest absolute Gasteiger partial charge is 0.366 e. The van der Waals surface area contributed by atoms with Crippen molar-refractivity contribution in [1.82, 2.24) is 5.32 Å². The molecular weight excluding hydrogens is 199 g/mol. The zero-order valence-electron chi connectivity index (χ0n) is 7.35. The van der Waals surface area contributed by atoms with Crippen molar-refractivity contribution in [3.05, 3.63) is 42.5 Å². The molecule has 1 aromatic rings. The van der Waals surface area contributed by atoms with Crippen molar-refractivity contribution in [3.8, 4) is 0 Å². The molecule has 1 atom stereocenters. The van der Waals surface area contributed by atoms with Crippen LogP contribution in [0.1, 0.15) is 0 Å². The highest BCUT2D eigenvalue weighted by Crippen LogP contribution is 2.19. The van der Waals surface area contributed by atoms with Crippen LogP contribution in [-0.4, -0.2) is 11.5 Å². The monoisotopic (exact) mass is 208 g/mol. The summed E-state index contributed by atoms with van der Waals surface area (Å²) in [5.74, 6) is -0.233. The van der Waals surface area contributed by atoms with Crippen LogP contribution in [0.4, 0.5) is 10.1 Å². The van der Waals surface area contributed by atoms with Gasteiger partial charge in [0.15, 0.2) is 0 Å². The van der Waals surface area contributed by atoms with Crippen LogP contribution in [-0.2, 0) is 0 Å². The van der Waals surface area contributed by atoms with E-state index in [0.717, 1.165) is 5.69 Å². The molecule has 14 heavy (non-hydrogen) atoms. The van der Waals surface area contributed by atoms with E-state index in [1.165, 1.54) is 12.1 Å². The van der Waals surface area contributed by atoms with Gasteiger partial charge in [0, 0.05) is 23.5 Å². The maximum absolute atomic E-state index is 12.7. The Bertz CT molecular complexity index is 361. The predicted molar refractivity (Wildman–Crippen MR) is 58.6 cm³/mol. The standard InChI is InChI=1S/C10H9FN2S/c11-8-1-3-9(4-2-8)13-6-5-12-10(13)7-14/h1-7,10,12H. The van der Waals surface area contributed by atoms with Gasteiger partial charge in [0.25, 0.3) is 0 Å². The van der Waals surface area contributed by atoms with Gasteiger partial charge in [-0.15, -0.1) is 0 Å². The number of nitrogens with zero attached hydrogens (tertiary/aromatic N) is 1. The summed E-state index contributed by atoms with van der Waals surface area (Å²) in [6, 6.07) is 6.31. The molecule has 0 amide bonds. The van der Waals surface area contributed by atoms with Crippen molar-refractivity contribution in [3.63, 3.8) is 0 Å². The average molecular weight is 208 g/mol. The first-order valence-corrected chi connectivity index (χ1v) is 4.70. The van der Waals surface area contributed by atoms with E-state index >= 15 is 0 Å². The van der Waals surface area contributed by atoms with Crippen LogP contribution in [0.3, 0.4) is 0 Å². The Kier molecular flexibility index (Phi) is 2.45. The fraction of sp³-hybridized carbons (Fsp3) is 0.100. The van der Waals surface area contributed by atoms with Gasteiger partial charge in [0.1, 0.15) is 12.0 Å². The number of rotatable bonds is 2. The summed E-state index contributed by atoms with van der Waals surface area (Å²) in [5, 5.41) is 4.69. The molecule has 72 valence electrons. The van der Waals surface area contributed by atoms with E-state index < -0.39 is 0 Å². The number of hydrogen-bond donors (Lipinski definition) is 1. The van der Waals surface area contributed by atoms with Gasteiger partial charge >= 0.3 is 0 Å². The molecule has 0 aliphatic carbocycles. The van der Waals surface area contributed by atoms with Crippen LogP contribution < -0.4 is 10.2 Å². The topological polar surface area (TPSA) is 15.3 Å². The van der Waals surface area contributed by atoms with Crippen molar-refractivity contribution < 1.29 is 4.39 Å². The summed E-state index contributed by atoms with van der Waals surface area (Å²) in [5.41, 5.74) is 0.916. The summed E-state index contributed by atoms with van der Waals surface area (Å²) in [6.07, 6.45) is 3.67. The van der Waals surface area contributed by atoms with Crippen LogP contribution in [0.5, 0.6) is 0 Å². The molecule has 1 unspecified atom stereocenters. The molecule has 0 radical (unpaired) electrons. The Morgan fingerprint density at radius 2 is 2.07 bits per heavy atom. The Hall–Kier alpha value is -1.42. The second-order valence-electron chi connectivity index (χ2n) is 2.95. The average Bonchev–Trinajstić information content (AvgIpc) is 2.67.